The van der Waals surface area contributed by atoms with E-state index >= 15 is 4.39 Å². The largest absolute Gasteiger partial charge is 0.497 e. The number of ether oxygens (including phenoxy) is 2. The lowest BCUT2D eigenvalue weighted by Gasteiger charge is -2.44. The molecule has 1 aliphatic carbocycles. The minimum atomic E-state index is -1.44. The first kappa shape index (κ1) is 29.8. The Morgan fingerprint density at radius 3 is 2.67 bits per heavy atom. The van der Waals surface area contributed by atoms with Crippen molar-refractivity contribution in [2.24, 2.45) is 11.8 Å². The van der Waals surface area contributed by atoms with E-state index in [0.717, 1.165) is 25.7 Å². The fraction of sp³-hybridized carbons (Fsp3) is 0.548. The minimum Gasteiger partial charge on any atom is -0.497 e. The summed E-state index contributed by atoms with van der Waals surface area (Å²) in [5, 5.41) is 18.5. The molecule has 1 aliphatic heterocycles. The molecular weight excluding hydrogens is 513 g/mol. The summed E-state index contributed by atoms with van der Waals surface area (Å²) in [6.07, 6.45) is 4.29. The van der Waals surface area contributed by atoms with Crippen LogP contribution in [0.25, 0.3) is 11.1 Å². The van der Waals surface area contributed by atoms with Crippen molar-refractivity contribution < 1.29 is 28.6 Å². The minimum absolute atomic E-state index is 0.0185. The third kappa shape index (κ3) is 6.58. The van der Waals surface area contributed by atoms with Gasteiger partial charge in [0, 0.05) is 43.1 Å². The molecule has 1 saturated heterocycles. The van der Waals surface area contributed by atoms with Gasteiger partial charge in [-0.2, -0.15) is 0 Å². The number of methoxy groups -OCH3 is 2. The molecule has 1 heterocycles. The molecule has 218 valence electrons. The molecular formula is C31H42FN3O5. The van der Waals surface area contributed by atoms with E-state index in [1.54, 1.807) is 43.5 Å². The molecule has 40 heavy (non-hydrogen) atoms. The Labute approximate surface area is 236 Å². The number of benzene rings is 2. The monoisotopic (exact) mass is 555 g/mol. The number of halogens is 1. The Kier molecular flexibility index (Phi) is 10.0. The van der Waals surface area contributed by atoms with Crippen LogP contribution in [0, 0.1) is 17.7 Å². The molecule has 2 aromatic carbocycles. The average molecular weight is 556 g/mol. The molecule has 2 fully saturated rings. The molecule has 0 radical (unpaired) electrons. The topological polar surface area (TPSA) is 100 Å². The summed E-state index contributed by atoms with van der Waals surface area (Å²) in [4.78, 5) is 27.1. The van der Waals surface area contributed by atoms with Crippen LogP contribution in [-0.2, 0) is 15.1 Å². The Hall–Kier alpha value is -3.17. The number of piperidine rings is 1. The summed E-state index contributed by atoms with van der Waals surface area (Å²) in [6.45, 7) is 1.35. The second-order valence-corrected chi connectivity index (χ2v) is 11.0. The molecule has 8 nitrogen and oxygen atoms in total. The zero-order chi connectivity index (χ0) is 28.7. The van der Waals surface area contributed by atoms with Crippen molar-refractivity contribution in [2.75, 3.05) is 40.9 Å². The highest BCUT2D eigenvalue weighted by Crippen LogP contribution is 2.45. The summed E-state index contributed by atoms with van der Waals surface area (Å²) in [5.41, 5.74) is -0.0398. The van der Waals surface area contributed by atoms with Gasteiger partial charge in [-0.05, 0) is 81.3 Å². The number of carbonyl (C=O) groups excluding carboxylic acids is 2. The molecule has 4 atom stereocenters. The summed E-state index contributed by atoms with van der Waals surface area (Å²) < 4.78 is 25.7. The molecule has 2 aromatic rings. The van der Waals surface area contributed by atoms with Gasteiger partial charge in [-0.25, -0.2) is 9.18 Å². The number of nitrogens with one attached hydrogen (secondary N) is 2. The van der Waals surface area contributed by atoms with Crippen LogP contribution in [0.4, 0.5) is 9.18 Å². The maximum atomic E-state index is 15.6. The molecule has 1 saturated carbocycles. The summed E-state index contributed by atoms with van der Waals surface area (Å²) in [5.74, 6) is -0.0384. The normalized spacial score (nSPS) is 22.4. The van der Waals surface area contributed by atoms with Crippen LogP contribution in [-0.4, -0.2) is 69.0 Å². The number of carbonyl (C=O) groups is 2. The summed E-state index contributed by atoms with van der Waals surface area (Å²) >= 11 is 0. The van der Waals surface area contributed by atoms with Crippen LogP contribution < -0.4 is 15.4 Å². The number of nitrogens with zero attached hydrogens (tertiary/aromatic N) is 1. The zero-order valence-electron chi connectivity index (χ0n) is 23.7. The van der Waals surface area contributed by atoms with Crippen molar-refractivity contribution in [1.82, 2.24) is 15.5 Å². The van der Waals surface area contributed by atoms with Crippen molar-refractivity contribution in [2.45, 2.75) is 56.6 Å². The third-order valence-electron chi connectivity index (χ3n) is 8.63. The van der Waals surface area contributed by atoms with Crippen molar-refractivity contribution in [3.8, 4) is 16.9 Å². The molecule has 0 aromatic heterocycles. The van der Waals surface area contributed by atoms with Gasteiger partial charge < -0.3 is 30.1 Å². The smallest absolute Gasteiger partial charge is 0.406 e. The van der Waals surface area contributed by atoms with Gasteiger partial charge >= 0.3 is 6.09 Å². The van der Waals surface area contributed by atoms with Crippen LogP contribution in [0.3, 0.4) is 0 Å². The van der Waals surface area contributed by atoms with Gasteiger partial charge in [0.1, 0.15) is 11.6 Å². The van der Waals surface area contributed by atoms with Crippen molar-refractivity contribution in [3.63, 3.8) is 0 Å². The Morgan fingerprint density at radius 2 is 1.95 bits per heavy atom. The van der Waals surface area contributed by atoms with Crippen molar-refractivity contribution >= 4 is 12.0 Å². The van der Waals surface area contributed by atoms with Gasteiger partial charge in [-0.3, -0.25) is 4.79 Å². The van der Waals surface area contributed by atoms with Crippen LogP contribution in [0.15, 0.2) is 42.5 Å². The first-order chi connectivity index (χ1) is 19.3. The summed E-state index contributed by atoms with van der Waals surface area (Å²) in [6, 6.07) is 12.3. The first-order valence-corrected chi connectivity index (χ1v) is 14.2. The number of rotatable bonds is 10. The van der Waals surface area contributed by atoms with E-state index in [1.165, 1.54) is 13.2 Å². The van der Waals surface area contributed by atoms with E-state index < -0.39 is 17.5 Å². The lowest BCUT2D eigenvalue weighted by atomic mass is 9.72. The maximum Gasteiger partial charge on any atom is 0.406 e. The SMILES string of the molecule is CN[C@H]1CC[C@@H](C(=O)N2CCC[C@@H](C(O)(CCCNC(=O)OC)c3cccc(F)c3-c3cccc(OC)c3)C2)C1. The van der Waals surface area contributed by atoms with E-state index in [2.05, 4.69) is 15.4 Å². The standard InChI is InChI=1S/C31H42FN3O5/c1-33-24-14-13-22(18-24)29(36)35-17-6-9-23(20-35)31(38,15-7-16-34-30(37)40-3)26-11-5-12-27(32)28(26)21-8-4-10-25(19-21)39-2/h4-5,8,10-12,19,22-24,33,38H,6-7,9,13-18,20H2,1-3H3,(H,34,37)/t22-,23-,24+,31?/m1/s1. The quantitative estimate of drug-likeness (QED) is 0.375. The van der Waals surface area contributed by atoms with Crippen molar-refractivity contribution in [1.29, 1.82) is 0 Å². The van der Waals surface area contributed by atoms with Gasteiger partial charge in [-0.1, -0.05) is 24.3 Å². The van der Waals surface area contributed by atoms with E-state index in [1.807, 2.05) is 11.9 Å². The fourth-order valence-corrected chi connectivity index (χ4v) is 6.43. The average Bonchev–Trinajstić information content (AvgIpc) is 3.48. The molecule has 2 aliphatic rings. The molecule has 0 bridgehead atoms. The highest BCUT2D eigenvalue weighted by molar-refractivity contribution is 5.79. The zero-order valence-corrected chi connectivity index (χ0v) is 23.7. The molecule has 2 amide bonds. The highest BCUT2D eigenvalue weighted by Gasteiger charge is 2.44. The van der Waals surface area contributed by atoms with Crippen LogP contribution in [0.1, 0.15) is 50.5 Å². The Bertz CT molecular complexity index is 1180. The predicted molar refractivity (Wildman–Crippen MR) is 151 cm³/mol. The van der Waals surface area contributed by atoms with Gasteiger partial charge in [0.25, 0.3) is 0 Å². The second kappa shape index (κ2) is 13.5. The number of alkyl carbamates (subject to hydrolysis) is 1. The van der Waals surface area contributed by atoms with E-state index in [9.17, 15) is 14.7 Å². The van der Waals surface area contributed by atoms with Crippen LogP contribution >= 0.6 is 0 Å². The number of likely N-dealkylation sites (tertiary alicyclic amines) is 1. The van der Waals surface area contributed by atoms with Gasteiger partial charge in [0.05, 0.1) is 19.8 Å². The van der Waals surface area contributed by atoms with E-state index in [0.29, 0.717) is 61.0 Å². The van der Waals surface area contributed by atoms with Gasteiger partial charge in [0.2, 0.25) is 5.91 Å². The van der Waals surface area contributed by atoms with E-state index in [4.69, 9.17) is 4.74 Å². The predicted octanol–water partition coefficient (Wildman–Crippen LogP) is 4.45. The van der Waals surface area contributed by atoms with Crippen LogP contribution in [0.2, 0.25) is 0 Å². The first-order valence-electron chi connectivity index (χ1n) is 14.2. The van der Waals surface area contributed by atoms with Gasteiger partial charge in [0.15, 0.2) is 0 Å². The van der Waals surface area contributed by atoms with Crippen LogP contribution in [0.5, 0.6) is 5.75 Å². The number of hydrogen-bond acceptors (Lipinski definition) is 6. The van der Waals surface area contributed by atoms with E-state index in [-0.39, 0.29) is 24.2 Å². The summed E-state index contributed by atoms with van der Waals surface area (Å²) in [7, 11) is 4.79. The second-order valence-electron chi connectivity index (χ2n) is 11.0. The number of aliphatic hydroxyl groups is 1. The Balaban J connectivity index is 1.67. The third-order valence-corrected chi connectivity index (χ3v) is 8.63. The Morgan fingerprint density at radius 1 is 1.15 bits per heavy atom. The lowest BCUT2D eigenvalue weighted by Crippen LogP contribution is -2.50. The highest BCUT2D eigenvalue weighted by atomic mass is 19.1. The molecule has 0 spiro atoms. The molecule has 9 heteroatoms. The maximum absolute atomic E-state index is 15.6. The molecule has 4 rings (SSSR count). The van der Waals surface area contributed by atoms with Crippen molar-refractivity contribution in [3.05, 3.63) is 53.8 Å². The number of hydrogen-bond donors (Lipinski definition) is 3. The number of amides is 2. The van der Waals surface area contributed by atoms with Gasteiger partial charge in [-0.15, -0.1) is 0 Å². The molecule has 1 unspecified atom stereocenters. The molecule has 3 N–H and O–H groups in total. The fourth-order valence-electron chi connectivity index (χ4n) is 6.43. The lowest BCUT2D eigenvalue weighted by molar-refractivity contribution is -0.140.